The van der Waals surface area contributed by atoms with Gasteiger partial charge in [-0.05, 0) is 64.2 Å². The van der Waals surface area contributed by atoms with Crippen LogP contribution in [0, 0.1) is 0 Å². The molecule has 292 valence electrons. The number of aliphatic hydroxyl groups is 1. The highest BCUT2D eigenvalue weighted by molar-refractivity contribution is 7.47. The van der Waals surface area contributed by atoms with Gasteiger partial charge < -0.3 is 20.1 Å². The van der Waals surface area contributed by atoms with E-state index in [1.807, 2.05) is 0 Å². The number of aliphatic hydroxyl groups excluding tert-OH is 1. The first-order valence-electron chi connectivity index (χ1n) is 19.4. The van der Waals surface area contributed by atoms with E-state index in [2.05, 4.69) is 92.1 Å². The zero-order valence-corrected chi connectivity index (χ0v) is 32.7. The van der Waals surface area contributed by atoms with Crippen molar-refractivity contribution < 1.29 is 37.9 Å². The quantitative estimate of drug-likeness (QED) is 0.0254. The van der Waals surface area contributed by atoms with E-state index in [4.69, 9.17) is 13.8 Å². The zero-order valence-electron chi connectivity index (χ0n) is 31.8. The zero-order chi connectivity index (χ0) is 37.5. The smallest absolute Gasteiger partial charge is 0.463 e. The monoisotopic (exact) mass is 735 g/mol. The number of phosphoric acid groups is 1. The number of carbonyl (C=O) groups is 2. The Morgan fingerprint density at radius 1 is 0.627 bits per heavy atom. The van der Waals surface area contributed by atoms with Crippen LogP contribution in [0.4, 0.5) is 0 Å². The molecule has 0 aromatic heterocycles. The molecule has 9 nitrogen and oxygen atoms in total. The lowest BCUT2D eigenvalue weighted by molar-refractivity contribution is -0.147. The van der Waals surface area contributed by atoms with Crippen LogP contribution < -0.4 is 5.32 Å². The van der Waals surface area contributed by atoms with Crippen LogP contribution >= 0.6 is 7.82 Å². The molecule has 0 aromatic rings. The third kappa shape index (κ3) is 38.5. The van der Waals surface area contributed by atoms with Gasteiger partial charge in [-0.15, -0.1) is 0 Å². The normalized spacial score (nSPS) is 14.2. The fraction of sp³-hybridized carbons (Fsp3) is 0.659. The first kappa shape index (κ1) is 48.5. The Hall–Kier alpha value is -2.55. The molecular formula is C41H70NO8P. The second-order valence-electron chi connectivity index (χ2n) is 12.5. The molecule has 0 aromatic carbocycles. The summed E-state index contributed by atoms with van der Waals surface area (Å²) in [5.74, 6) is -0.570. The number of rotatable bonds is 35. The van der Waals surface area contributed by atoms with Gasteiger partial charge >= 0.3 is 13.8 Å². The maximum Gasteiger partial charge on any atom is 0.472 e. The van der Waals surface area contributed by atoms with E-state index in [0.29, 0.717) is 6.42 Å². The minimum absolute atomic E-state index is 0.0545. The molecule has 51 heavy (non-hydrogen) atoms. The van der Waals surface area contributed by atoms with Crippen LogP contribution in [-0.4, -0.2) is 54.3 Å². The Morgan fingerprint density at radius 2 is 1.12 bits per heavy atom. The van der Waals surface area contributed by atoms with Crippen LogP contribution in [0.1, 0.15) is 142 Å². The average molecular weight is 736 g/mol. The molecule has 0 aliphatic rings. The molecule has 10 heteroatoms. The van der Waals surface area contributed by atoms with Gasteiger partial charge in [-0.2, -0.15) is 0 Å². The number of nitrogens with one attached hydrogen (secondary N) is 1. The minimum atomic E-state index is -4.42. The van der Waals surface area contributed by atoms with Gasteiger partial charge in [0.15, 0.2) is 0 Å². The van der Waals surface area contributed by atoms with Crippen molar-refractivity contribution >= 4 is 19.7 Å². The molecule has 0 bridgehead atoms. The summed E-state index contributed by atoms with van der Waals surface area (Å²) < 4.78 is 26.7. The van der Waals surface area contributed by atoms with Gasteiger partial charge in [-0.1, -0.05) is 138 Å². The lowest BCUT2D eigenvalue weighted by Crippen LogP contribution is -2.27. The highest BCUT2D eigenvalue weighted by Gasteiger charge is 2.23. The van der Waals surface area contributed by atoms with E-state index >= 15 is 0 Å². The molecule has 0 radical (unpaired) electrons. The summed E-state index contributed by atoms with van der Waals surface area (Å²) in [6, 6.07) is 0. The van der Waals surface area contributed by atoms with Gasteiger partial charge in [-0.25, -0.2) is 4.57 Å². The first-order chi connectivity index (χ1) is 24.8. The van der Waals surface area contributed by atoms with E-state index in [-0.39, 0.29) is 32.1 Å². The molecule has 0 fully saturated rings. The van der Waals surface area contributed by atoms with Crippen molar-refractivity contribution in [2.75, 3.05) is 26.4 Å². The van der Waals surface area contributed by atoms with Crippen molar-refractivity contribution in [1.29, 1.82) is 0 Å². The van der Waals surface area contributed by atoms with Gasteiger partial charge in [0.1, 0.15) is 12.7 Å². The maximum absolute atomic E-state index is 12.0. The highest BCUT2D eigenvalue weighted by Crippen LogP contribution is 2.42. The molecular weight excluding hydrogens is 665 g/mol. The number of esters is 1. The van der Waals surface area contributed by atoms with E-state index in [1.165, 1.54) is 38.5 Å². The van der Waals surface area contributed by atoms with E-state index in [0.717, 1.165) is 77.0 Å². The van der Waals surface area contributed by atoms with Crippen molar-refractivity contribution in [2.45, 2.75) is 148 Å². The highest BCUT2D eigenvalue weighted by atomic mass is 31.2. The van der Waals surface area contributed by atoms with Crippen molar-refractivity contribution in [3.8, 4) is 0 Å². The Labute approximate surface area is 310 Å². The molecule has 3 N–H and O–H groups in total. The van der Waals surface area contributed by atoms with Gasteiger partial charge in [0.05, 0.1) is 13.2 Å². The second kappa shape index (κ2) is 37.2. The molecule has 0 aliphatic carbocycles. The lowest BCUT2D eigenvalue weighted by atomic mass is 10.1. The summed E-state index contributed by atoms with van der Waals surface area (Å²) >= 11 is 0. The number of allylic oxidation sites excluding steroid dienone is 12. The summed E-state index contributed by atoms with van der Waals surface area (Å²) in [6.45, 7) is 3.33. The van der Waals surface area contributed by atoms with Crippen molar-refractivity contribution in [1.82, 2.24) is 5.32 Å². The van der Waals surface area contributed by atoms with Crippen LogP contribution in [-0.2, 0) is 27.9 Å². The fourth-order valence-electron chi connectivity index (χ4n) is 4.73. The van der Waals surface area contributed by atoms with E-state index < -0.39 is 26.5 Å². The third-order valence-corrected chi connectivity index (χ3v) is 8.64. The molecule has 0 aliphatic heterocycles. The van der Waals surface area contributed by atoms with Gasteiger partial charge in [-0.3, -0.25) is 18.6 Å². The van der Waals surface area contributed by atoms with Crippen molar-refractivity contribution in [2.24, 2.45) is 0 Å². The van der Waals surface area contributed by atoms with E-state index in [1.54, 1.807) is 0 Å². The SMILES string of the molecule is CC/C=C\C/C=C\C/C=C\C/C=C\C/C=C\C/C=C\CCCCC(=O)NCCOP(=O)(O)OCC(O)COC(=O)CCCCCCCCCCC. The molecule has 2 atom stereocenters. The molecule has 0 saturated heterocycles. The predicted molar refractivity (Wildman–Crippen MR) is 210 cm³/mol. The minimum Gasteiger partial charge on any atom is -0.463 e. The van der Waals surface area contributed by atoms with Gasteiger partial charge in [0, 0.05) is 19.4 Å². The van der Waals surface area contributed by atoms with Gasteiger partial charge in [0.2, 0.25) is 5.91 Å². The van der Waals surface area contributed by atoms with Crippen LogP contribution in [0.25, 0.3) is 0 Å². The van der Waals surface area contributed by atoms with Crippen LogP contribution in [0.15, 0.2) is 72.9 Å². The fourth-order valence-corrected chi connectivity index (χ4v) is 5.49. The third-order valence-electron chi connectivity index (χ3n) is 7.65. The Balaban J connectivity index is 3.73. The van der Waals surface area contributed by atoms with Crippen molar-refractivity contribution in [3.05, 3.63) is 72.9 Å². The summed E-state index contributed by atoms with van der Waals surface area (Å²) in [5.41, 5.74) is 0. The molecule has 2 unspecified atom stereocenters. The number of phosphoric ester groups is 1. The van der Waals surface area contributed by atoms with Gasteiger partial charge in [0.25, 0.3) is 0 Å². The predicted octanol–water partition coefficient (Wildman–Crippen LogP) is 10.3. The first-order valence-corrected chi connectivity index (χ1v) is 20.9. The number of hydrogen-bond donors (Lipinski definition) is 3. The number of amides is 1. The Kier molecular flexibility index (Phi) is 35.4. The van der Waals surface area contributed by atoms with E-state index in [9.17, 15) is 24.2 Å². The topological polar surface area (TPSA) is 131 Å². The summed E-state index contributed by atoms with van der Waals surface area (Å²) in [6.07, 6.45) is 44.2. The lowest BCUT2D eigenvalue weighted by Gasteiger charge is -2.15. The van der Waals surface area contributed by atoms with Crippen LogP contribution in [0.3, 0.4) is 0 Å². The standard InChI is InChI=1S/C41H70NO8P/c1-3-5-7-9-11-13-14-15-16-17-18-19-20-21-22-23-24-26-27-29-31-33-40(44)42-35-36-49-51(46,47)50-38-39(43)37-48-41(45)34-32-30-28-25-12-10-8-6-4-2/h5,7,11,13,15-16,18-19,21-22,24,26,39,43H,3-4,6,8-10,12,14,17,20,23,25,27-38H2,1-2H3,(H,42,44)(H,46,47)/b7-5-,13-11-,16-15-,19-18-,22-21-,26-24-. The molecule has 0 rings (SSSR count). The largest absolute Gasteiger partial charge is 0.472 e. The van der Waals surface area contributed by atoms with Crippen LogP contribution in [0.5, 0.6) is 0 Å². The number of hydrogen-bond acceptors (Lipinski definition) is 7. The molecule has 0 saturated carbocycles. The molecule has 1 amide bonds. The number of unbranched alkanes of at least 4 members (excludes halogenated alkanes) is 10. The maximum atomic E-state index is 12.0. The average Bonchev–Trinajstić information content (AvgIpc) is 3.11. The summed E-state index contributed by atoms with van der Waals surface area (Å²) in [7, 11) is -4.42. The number of carbonyl (C=O) groups excluding carboxylic acids is 2. The molecule has 0 heterocycles. The second-order valence-corrected chi connectivity index (χ2v) is 14.0. The number of ether oxygens (including phenoxy) is 1. The van der Waals surface area contributed by atoms with Crippen LogP contribution in [0.2, 0.25) is 0 Å². The van der Waals surface area contributed by atoms with Crippen molar-refractivity contribution in [3.63, 3.8) is 0 Å². The summed E-state index contributed by atoms with van der Waals surface area (Å²) in [5, 5.41) is 12.6. The summed E-state index contributed by atoms with van der Waals surface area (Å²) in [4.78, 5) is 33.7. The Morgan fingerprint density at radius 3 is 1.67 bits per heavy atom. The molecule has 0 spiro atoms. The Bertz CT molecular complexity index is 1070.